The molecule has 2 atom stereocenters. The molecule has 4 nitrogen and oxygen atoms in total. The van der Waals surface area contributed by atoms with E-state index in [9.17, 15) is 0 Å². The van der Waals surface area contributed by atoms with Crippen molar-refractivity contribution in [3.63, 3.8) is 0 Å². The van der Waals surface area contributed by atoms with Gasteiger partial charge >= 0.3 is 0 Å². The van der Waals surface area contributed by atoms with Gasteiger partial charge in [-0.25, -0.2) is 0 Å². The van der Waals surface area contributed by atoms with Crippen LogP contribution in [0.15, 0.2) is 158 Å². The summed E-state index contributed by atoms with van der Waals surface area (Å²) in [6.45, 7) is 0. The molecular formula is C44H29N4-. The molecule has 0 amide bonds. The van der Waals surface area contributed by atoms with E-state index in [1.807, 2.05) is 0 Å². The summed E-state index contributed by atoms with van der Waals surface area (Å²) in [6, 6.07) is 57.4. The number of para-hydroxylation sites is 3. The van der Waals surface area contributed by atoms with Gasteiger partial charge in [-0.15, -0.1) is 5.69 Å². The first-order valence-corrected chi connectivity index (χ1v) is 16.6. The second-order valence-electron chi connectivity index (χ2n) is 13.0. The van der Waals surface area contributed by atoms with Gasteiger partial charge in [0.15, 0.2) is 0 Å². The Bertz CT molecular complexity index is 2740. The van der Waals surface area contributed by atoms with Gasteiger partial charge in [-0.05, 0) is 70.4 Å². The highest BCUT2D eigenvalue weighted by molar-refractivity contribution is 6.20. The van der Waals surface area contributed by atoms with Gasteiger partial charge in [0.05, 0.1) is 28.1 Å². The number of nitrogens with one attached hydrogen (secondary N) is 1. The Labute approximate surface area is 277 Å². The molecule has 48 heavy (non-hydrogen) atoms. The summed E-state index contributed by atoms with van der Waals surface area (Å²) in [4.78, 5) is 0. The van der Waals surface area contributed by atoms with Gasteiger partial charge < -0.3 is 19.8 Å². The maximum absolute atomic E-state index is 5.36. The van der Waals surface area contributed by atoms with Gasteiger partial charge in [-0.3, -0.25) is 0 Å². The molecule has 0 spiro atoms. The van der Waals surface area contributed by atoms with Gasteiger partial charge in [0, 0.05) is 32.9 Å². The zero-order valence-electron chi connectivity index (χ0n) is 26.0. The van der Waals surface area contributed by atoms with E-state index in [-0.39, 0.29) is 12.2 Å². The summed E-state index contributed by atoms with van der Waals surface area (Å²) in [5.74, 6) is 0. The van der Waals surface area contributed by atoms with Gasteiger partial charge in [-0.1, -0.05) is 121 Å². The largest absolute Gasteiger partial charge is 0.661 e. The first-order valence-electron chi connectivity index (χ1n) is 16.6. The molecule has 9 aromatic rings. The second-order valence-corrected chi connectivity index (χ2v) is 13.0. The van der Waals surface area contributed by atoms with Crippen LogP contribution in [0.25, 0.3) is 76.9 Å². The molecule has 2 aliphatic rings. The minimum atomic E-state index is -0.0568. The average Bonchev–Trinajstić information content (AvgIpc) is 3.77. The predicted molar refractivity (Wildman–Crippen MR) is 200 cm³/mol. The molecule has 0 saturated heterocycles. The Morgan fingerprint density at radius 1 is 0.479 bits per heavy atom. The number of anilines is 1. The van der Waals surface area contributed by atoms with Crippen LogP contribution in [0.3, 0.4) is 0 Å². The predicted octanol–water partition coefficient (Wildman–Crippen LogP) is 11.9. The van der Waals surface area contributed by atoms with Gasteiger partial charge in [0.1, 0.15) is 0 Å². The Morgan fingerprint density at radius 2 is 1.17 bits per heavy atom. The SMILES string of the molecule is c1ccc(-c2cccc(-n3c4cc(-c5ccccc5)ccc4c4cc5c6cccc7c6n(c5cc43)C3[N-]c4ccccc4NC73)c2)cc1. The normalized spacial score (nSPS) is 16.2. The van der Waals surface area contributed by atoms with E-state index in [2.05, 4.69) is 172 Å². The van der Waals surface area contributed by atoms with Crippen molar-refractivity contribution in [2.24, 2.45) is 0 Å². The van der Waals surface area contributed by atoms with Crippen molar-refractivity contribution in [2.45, 2.75) is 12.2 Å². The van der Waals surface area contributed by atoms with Gasteiger partial charge in [0.25, 0.3) is 0 Å². The number of hydrogen-bond acceptors (Lipinski definition) is 1. The van der Waals surface area contributed by atoms with Crippen LogP contribution in [0.2, 0.25) is 0 Å². The van der Waals surface area contributed by atoms with Crippen molar-refractivity contribution in [1.82, 2.24) is 9.13 Å². The van der Waals surface area contributed by atoms with E-state index in [4.69, 9.17) is 5.32 Å². The van der Waals surface area contributed by atoms with E-state index in [0.29, 0.717) is 0 Å². The lowest BCUT2D eigenvalue weighted by atomic mass is 9.99. The Morgan fingerprint density at radius 3 is 2.00 bits per heavy atom. The fourth-order valence-electron chi connectivity index (χ4n) is 8.32. The molecule has 4 heteroatoms. The molecule has 0 fully saturated rings. The summed E-state index contributed by atoms with van der Waals surface area (Å²) < 4.78 is 4.96. The Kier molecular flexibility index (Phi) is 5.19. The number of rotatable bonds is 3. The fourth-order valence-corrected chi connectivity index (χ4v) is 8.32. The molecule has 0 bridgehead atoms. The number of aromatic nitrogens is 2. The van der Waals surface area contributed by atoms with E-state index in [0.717, 1.165) is 17.1 Å². The molecule has 0 aliphatic carbocycles. The summed E-state index contributed by atoms with van der Waals surface area (Å²) in [5.41, 5.74) is 14.3. The number of hydrogen-bond donors (Lipinski definition) is 1. The first-order chi connectivity index (χ1) is 23.8. The lowest BCUT2D eigenvalue weighted by molar-refractivity contribution is 0.566. The maximum atomic E-state index is 5.36. The topological polar surface area (TPSA) is 36.0 Å². The summed E-state index contributed by atoms with van der Waals surface area (Å²) >= 11 is 0. The van der Waals surface area contributed by atoms with E-state index in [1.54, 1.807) is 0 Å². The zero-order chi connectivity index (χ0) is 31.3. The molecule has 11 rings (SSSR count). The van der Waals surface area contributed by atoms with Crippen LogP contribution in [0.5, 0.6) is 0 Å². The van der Waals surface area contributed by atoms with E-state index >= 15 is 0 Å². The van der Waals surface area contributed by atoms with Crippen LogP contribution < -0.4 is 5.32 Å². The monoisotopic (exact) mass is 613 g/mol. The van der Waals surface area contributed by atoms with Crippen molar-refractivity contribution in [3.05, 3.63) is 169 Å². The molecule has 226 valence electrons. The van der Waals surface area contributed by atoms with Crippen LogP contribution in [0.4, 0.5) is 11.4 Å². The standard InChI is InChI=1S/C44H29N4/c1-3-11-27(12-4-1)29-15-9-16-31(23-29)47-39-24-30(28-13-5-2-6-14-28)21-22-32(39)35-25-36-33-17-10-18-34-42-44(46-38-20-8-7-19-37(38)45-42)48(43(33)34)41(36)26-40(35)47/h1-26,42,44-45H/q-1. The van der Waals surface area contributed by atoms with Crippen LogP contribution in [-0.4, -0.2) is 9.13 Å². The number of nitrogens with zero attached hydrogens (tertiary/aromatic N) is 3. The van der Waals surface area contributed by atoms with Gasteiger partial charge in [-0.2, -0.15) is 0 Å². The molecule has 4 heterocycles. The van der Waals surface area contributed by atoms with Crippen LogP contribution in [0.1, 0.15) is 17.8 Å². The number of fused-ring (bicyclic) bond motifs is 10. The van der Waals surface area contributed by atoms with E-state index in [1.165, 1.54) is 71.4 Å². The smallest absolute Gasteiger partial charge is 0.0580 e. The number of benzene rings is 7. The molecule has 2 aliphatic heterocycles. The summed E-state index contributed by atoms with van der Waals surface area (Å²) in [7, 11) is 0. The van der Waals surface area contributed by atoms with Crippen molar-refractivity contribution in [2.75, 3.05) is 5.32 Å². The molecule has 2 unspecified atom stereocenters. The van der Waals surface area contributed by atoms with Crippen molar-refractivity contribution >= 4 is 55.0 Å². The highest BCUT2D eigenvalue weighted by Gasteiger charge is 2.34. The molecular weight excluding hydrogens is 585 g/mol. The van der Waals surface area contributed by atoms with Crippen molar-refractivity contribution < 1.29 is 0 Å². The van der Waals surface area contributed by atoms with Crippen LogP contribution in [0, 0.1) is 0 Å². The minimum absolute atomic E-state index is 0.0568. The first kappa shape index (κ1) is 25.9. The van der Waals surface area contributed by atoms with Crippen molar-refractivity contribution in [1.29, 1.82) is 0 Å². The highest BCUT2D eigenvalue weighted by Crippen LogP contribution is 2.56. The molecule has 0 radical (unpaired) electrons. The molecule has 0 saturated carbocycles. The van der Waals surface area contributed by atoms with E-state index < -0.39 is 0 Å². The second kappa shape index (κ2) is 9.63. The highest BCUT2D eigenvalue weighted by atomic mass is 15.3. The maximum Gasteiger partial charge on any atom is 0.0580 e. The third kappa shape index (κ3) is 3.54. The van der Waals surface area contributed by atoms with Crippen LogP contribution >= 0.6 is 0 Å². The third-order valence-corrected chi connectivity index (χ3v) is 10.4. The molecule has 1 N–H and O–H groups in total. The van der Waals surface area contributed by atoms with Crippen LogP contribution in [-0.2, 0) is 0 Å². The molecule has 2 aromatic heterocycles. The molecule has 7 aromatic carbocycles. The quantitative estimate of drug-likeness (QED) is 0.211. The lowest BCUT2D eigenvalue weighted by Crippen LogP contribution is -2.21. The Hall–Kier alpha value is -6.26. The van der Waals surface area contributed by atoms with Crippen molar-refractivity contribution in [3.8, 4) is 27.9 Å². The summed E-state index contributed by atoms with van der Waals surface area (Å²) in [6.07, 6.45) is -0.0568. The lowest BCUT2D eigenvalue weighted by Gasteiger charge is -2.44. The summed E-state index contributed by atoms with van der Waals surface area (Å²) in [5, 5.41) is 14.3. The third-order valence-electron chi connectivity index (χ3n) is 10.4. The van der Waals surface area contributed by atoms with Gasteiger partial charge in [0.2, 0.25) is 0 Å². The fraction of sp³-hybridized carbons (Fsp3) is 0.0455. The minimum Gasteiger partial charge on any atom is -0.661 e. The average molecular weight is 614 g/mol. The zero-order valence-corrected chi connectivity index (χ0v) is 26.0. The Balaban J connectivity index is 1.22.